The van der Waals surface area contributed by atoms with Crippen LogP contribution in [0.15, 0.2) is 6.07 Å². The Balaban J connectivity index is 2.17. The molecule has 0 unspecified atom stereocenters. The zero-order chi connectivity index (χ0) is 13.7. The summed E-state index contributed by atoms with van der Waals surface area (Å²) in [4.78, 5) is 6.38. The van der Waals surface area contributed by atoms with Gasteiger partial charge in [0, 0.05) is 32.8 Å². The SMILES string of the molecule is COCCNc1nc(Cl)cc(N2CCOCC2)c1N. The third kappa shape index (κ3) is 3.62. The van der Waals surface area contributed by atoms with E-state index in [2.05, 4.69) is 15.2 Å². The van der Waals surface area contributed by atoms with Gasteiger partial charge < -0.3 is 25.4 Å². The first kappa shape index (κ1) is 14.2. The first-order chi connectivity index (χ1) is 9.22. The first-order valence-corrected chi connectivity index (χ1v) is 6.61. The van der Waals surface area contributed by atoms with Crippen LogP contribution in [0.4, 0.5) is 17.2 Å². The van der Waals surface area contributed by atoms with E-state index in [1.165, 1.54) is 0 Å². The Kier molecular flexibility index (Phi) is 5.07. The Bertz CT molecular complexity index is 424. The van der Waals surface area contributed by atoms with Gasteiger partial charge in [0.05, 0.1) is 31.2 Å². The molecule has 7 heteroatoms. The number of hydrogen-bond donors (Lipinski definition) is 2. The number of halogens is 1. The smallest absolute Gasteiger partial charge is 0.153 e. The van der Waals surface area contributed by atoms with E-state index >= 15 is 0 Å². The van der Waals surface area contributed by atoms with E-state index in [-0.39, 0.29) is 0 Å². The highest BCUT2D eigenvalue weighted by Gasteiger charge is 2.17. The second kappa shape index (κ2) is 6.79. The van der Waals surface area contributed by atoms with Crippen molar-refractivity contribution in [3.8, 4) is 0 Å². The maximum atomic E-state index is 6.16. The summed E-state index contributed by atoms with van der Waals surface area (Å²) in [6.45, 7) is 4.23. The Morgan fingerprint density at radius 3 is 2.95 bits per heavy atom. The number of nitrogens with zero attached hydrogens (tertiary/aromatic N) is 2. The van der Waals surface area contributed by atoms with E-state index < -0.39 is 0 Å². The van der Waals surface area contributed by atoms with Crippen molar-refractivity contribution in [3.05, 3.63) is 11.2 Å². The Morgan fingerprint density at radius 1 is 1.53 bits per heavy atom. The highest BCUT2D eigenvalue weighted by Crippen LogP contribution is 2.32. The van der Waals surface area contributed by atoms with Gasteiger partial charge in [-0.05, 0) is 0 Å². The molecule has 2 heterocycles. The van der Waals surface area contributed by atoms with Crippen molar-refractivity contribution in [3.63, 3.8) is 0 Å². The Hall–Kier alpha value is -1.24. The molecule has 1 saturated heterocycles. The predicted octanol–water partition coefficient (Wildman–Crippen LogP) is 1.21. The lowest BCUT2D eigenvalue weighted by Crippen LogP contribution is -2.36. The molecule has 6 nitrogen and oxygen atoms in total. The van der Waals surface area contributed by atoms with Gasteiger partial charge in [0.25, 0.3) is 0 Å². The van der Waals surface area contributed by atoms with Gasteiger partial charge in [-0.2, -0.15) is 0 Å². The van der Waals surface area contributed by atoms with Crippen molar-refractivity contribution >= 4 is 28.8 Å². The summed E-state index contributed by atoms with van der Waals surface area (Å²) in [6, 6.07) is 1.80. The van der Waals surface area contributed by atoms with Crippen LogP contribution in [0.2, 0.25) is 5.15 Å². The average molecular weight is 287 g/mol. The predicted molar refractivity (Wildman–Crippen MR) is 77.1 cm³/mol. The van der Waals surface area contributed by atoms with Crippen molar-refractivity contribution in [2.24, 2.45) is 0 Å². The van der Waals surface area contributed by atoms with Crippen LogP contribution in [-0.4, -0.2) is 51.5 Å². The summed E-state index contributed by atoms with van der Waals surface area (Å²) in [5, 5.41) is 3.56. The molecule has 106 valence electrons. The fourth-order valence-electron chi connectivity index (χ4n) is 1.98. The fraction of sp³-hybridized carbons (Fsp3) is 0.583. The molecule has 1 fully saturated rings. The number of nitrogens with one attached hydrogen (secondary N) is 1. The highest BCUT2D eigenvalue weighted by atomic mass is 35.5. The summed E-state index contributed by atoms with van der Waals surface area (Å²) in [7, 11) is 1.65. The number of pyridine rings is 1. The maximum absolute atomic E-state index is 6.16. The molecular formula is C12H19ClN4O2. The molecule has 0 bridgehead atoms. The molecule has 0 spiro atoms. The first-order valence-electron chi connectivity index (χ1n) is 6.24. The molecule has 1 aromatic rings. The molecule has 0 saturated carbocycles. The van der Waals surface area contributed by atoms with Gasteiger partial charge in [-0.1, -0.05) is 11.6 Å². The number of anilines is 3. The number of hydrogen-bond acceptors (Lipinski definition) is 6. The number of ether oxygens (including phenoxy) is 2. The summed E-state index contributed by atoms with van der Waals surface area (Å²) in [5.74, 6) is 0.603. The standard InChI is InChI=1S/C12H19ClN4O2/c1-18-5-2-15-12-11(14)9(8-10(13)16-12)17-3-6-19-7-4-17/h8H,2-7,14H2,1H3,(H,15,16). The largest absolute Gasteiger partial charge is 0.394 e. The van der Waals surface area contributed by atoms with Crippen LogP contribution in [0.5, 0.6) is 0 Å². The average Bonchev–Trinajstić information content (AvgIpc) is 2.43. The molecule has 19 heavy (non-hydrogen) atoms. The minimum absolute atomic E-state index is 0.426. The second-order valence-electron chi connectivity index (χ2n) is 4.25. The van der Waals surface area contributed by atoms with Crippen LogP contribution in [0.1, 0.15) is 0 Å². The molecule has 0 atom stereocenters. The van der Waals surface area contributed by atoms with Crippen molar-refractivity contribution in [1.29, 1.82) is 0 Å². The van der Waals surface area contributed by atoms with Crippen LogP contribution in [0, 0.1) is 0 Å². The summed E-state index contributed by atoms with van der Waals surface area (Å²) in [5.41, 5.74) is 7.68. The molecule has 0 radical (unpaired) electrons. The number of rotatable bonds is 5. The van der Waals surface area contributed by atoms with Crippen LogP contribution in [0.3, 0.4) is 0 Å². The van der Waals surface area contributed by atoms with E-state index in [1.807, 2.05) is 0 Å². The van der Waals surface area contributed by atoms with E-state index in [1.54, 1.807) is 13.2 Å². The number of morpholine rings is 1. The van der Waals surface area contributed by atoms with Gasteiger partial charge in [-0.25, -0.2) is 4.98 Å². The van der Waals surface area contributed by atoms with Gasteiger partial charge in [0.15, 0.2) is 5.82 Å². The summed E-state index contributed by atoms with van der Waals surface area (Å²) >= 11 is 6.06. The van der Waals surface area contributed by atoms with Gasteiger partial charge in [-0.3, -0.25) is 0 Å². The lowest BCUT2D eigenvalue weighted by atomic mass is 10.2. The third-order valence-corrected chi connectivity index (χ3v) is 3.15. The van der Waals surface area contributed by atoms with E-state index in [9.17, 15) is 0 Å². The van der Waals surface area contributed by atoms with Gasteiger partial charge in [-0.15, -0.1) is 0 Å². The molecule has 1 aromatic heterocycles. The van der Waals surface area contributed by atoms with Crippen molar-refractivity contribution in [2.45, 2.75) is 0 Å². The molecular weight excluding hydrogens is 268 g/mol. The number of nitrogen functional groups attached to an aromatic ring is 1. The molecule has 3 N–H and O–H groups in total. The van der Waals surface area contributed by atoms with Crippen LogP contribution >= 0.6 is 11.6 Å². The van der Waals surface area contributed by atoms with Gasteiger partial charge in [0.1, 0.15) is 5.15 Å². The monoisotopic (exact) mass is 286 g/mol. The fourth-order valence-corrected chi connectivity index (χ4v) is 2.17. The summed E-state index contributed by atoms with van der Waals surface area (Å²) < 4.78 is 10.3. The lowest BCUT2D eigenvalue weighted by molar-refractivity contribution is 0.123. The van der Waals surface area contributed by atoms with Crippen molar-refractivity contribution < 1.29 is 9.47 Å². The molecule has 1 aliphatic rings. The zero-order valence-electron chi connectivity index (χ0n) is 11.0. The Labute approximate surface area is 117 Å². The second-order valence-corrected chi connectivity index (χ2v) is 4.63. The molecule has 1 aliphatic heterocycles. The third-order valence-electron chi connectivity index (χ3n) is 2.96. The molecule has 2 rings (SSSR count). The number of nitrogens with two attached hydrogens (primary N) is 1. The summed E-state index contributed by atoms with van der Waals surface area (Å²) in [6.07, 6.45) is 0. The van der Waals surface area contributed by atoms with Crippen molar-refractivity contribution in [2.75, 3.05) is 62.5 Å². The highest BCUT2D eigenvalue weighted by molar-refractivity contribution is 6.30. The van der Waals surface area contributed by atoms with Crippen LogP contribution in [-0.2, 0) is 9.47 Å². The quantitative estimate of drug-likeness (QED) is 0.626. The van der Waals surface area contributed by atoms with Crippen molar-refractivity contribution in [1.82, 2.24) is 4.98 Å². The van der Waals surface area contributed by atoms with Crippen LogP contribution < -0.4 is 16.0 Å². The minimum atomic E-state index is 0.426. The topological polar surface area (TPSA) is 72.6 Å². The van der Waals surface area contributed by atoms with E-state index in [4.69, 9.17) is 26.8 Å². The maximum Gasteiger partial charge on any atom is 0.153 e. The number of aromatic nitrogens is 1. The van der Waals surface area contributed by atoms with Gasteiger partial charge >= 0.3 is 0 Å². The lowest BCUT2D eigenvalue weighted by Gasteiger charge is -2.30. The molecule has 0 amide bonds. The Morgan fingerprint density at radius 2 is 2.26 bits per heavy atom. The van der Waals surface area contributed by atoms with Crippen LogP contribution in [0.25, 0.3) is 0 Å². The molecule has 0 aliphatic carbocycles. The van der Waals surface area contributed by atoms with E-state index in [0.29, 0.717) is 43.0 Å². The number of methoxy groups -OCH3 is 1. The van der Waals surface area contributed by atoms with Gasteiger partial charge in [0.2, 0.25) is 0 Å². The molecule has 0 aromatic carbocycles. The zero-order valence-corrected chi connectivity index (χ0v) is 11.7. The normalized spacial score (nSPS) is 15.6. The van der Waals surface area contributed by atoms with E-state index in [0.717, 1.165) is 18.8 Å². The minimum Gasteiger partial charge on any atom is -0.394 e.